The lowest BCUT2D eigenvalue weighted by atomic mass is 10.2. The Morgan fingerprint density at radius 2 is 2.00 bits per heavy atom. The second-order valence-corrected chi connectivity index (χ2v) is 4.84. The van der Waals surface area contributed by atoms with Crippen LogP contribution in [0.25, 0.3) is 0 Å². The Balaban J connectivity index is 1.92. The number of nitrogens with zero attached hydrogens (tertiary/aromatic N) is 1. The molecule has 1 heterocycles. The molecule has 0 atom stereocenters. The number of nitrogens with one attached hydrogen (secondary N) is 1. The Morgan fingerprint density at radius 3 is 2.63 bits per heavy atom. The van der Waals surface area contributed by atoms with Gasteiger partial charge < -0.3 is 15.3 Å². The summed E-state index contributed by atoms with van der Waals surface area (Å²) in [6, 6.07) is 4.09. The van der Waals surface area contributed by atoms with E-state index in [2.05, 4.69) is 5.32 Å². The van der Waals surface area contributed by atoms with Gasteiger partial charge in [-0.25, -0.2) is 0 Å². The summed E-state index contributed by atoms with van der Waals surface area (Å²) in [7, 11) is 0. The maximum atomic E-state index is 11.8. The highest BCUT2D eigenvalue weighted by molar-refractivity contribution is 6.34. The molecule has 0 aliphatic carbocycles. The second kappa shape index (κ2) is 5.93. The third kappa shape index (κ3) is 3.38. The fraction of sp³-hybridized carbons (Fsp3) is 0.385. The number of likely N-dealkylation sites (tertiary alicyclic amines) is 1. The molecule has 2 amide bonds. The van der Waals surface area contributed by atoms with Gasteiger partial charge in [-0.05, 0) is 31.0 Å². The summed E-state index contributed by atoms with van der Waals surface area (Å²) in [4.78, 5) is 25.3. The first-order chi connectivity index (χ1) is 9.08. The van der Waals surface area contributed by atoms with Crippen LogP contribution in [-0.2, 0) is 4.79 Å². The van der Waals surface area contributed by atoms with Gasteiger partial charge in [-0.1, -0.05) is 11.6 Å². The number of halogens is 1. The molecule has 19 heavy (non-hydrogen) atoms. The van der Waals surface area contributed by atoms with Crippen molar-refractivity contribution in [2.45, 2.75) is 12.8 Å². The van der Waals surface area contributed by atoms with Crippen molar-refractivity contribution in [1.29, 1.82) is 0 Å². The largest absolute Gasteiger partial charge is 0.508 e. The summed E-state index contributed by atoms with van der Waals surface area (Å²) in [6.45, 7) is 1.49. The zero-order valence-corrected chi connectivity index (χ0v) is 11.1. The van der Waals surface area contributed by atoms with Crippen molar-refractivity contribution in [2.24, 2.45) is 0 Å². The van der Waals surface area contributed by atoms with Gasteiger partial charge >= 0.3 is 0 Å². The van der Waals surface area contributed by atoms with Crippen LogP contribution in [0.5, 0.6) is 5.75 Å². The van der Waals surface area contributed by atoms with Crippen molar-refractivity contribution in [1.82, 2.24) is 10.2 Å². The molecule has 1 aromatic rings. The number of phenolic OH excluding ortho intramolecular Hbond substituents is 1. The molecule has 1 aromatic carbocycles. The van der Waals surface area contributed by atoms with E-state index in [-0.39, 0.29) is 28.8 Å². The average Bonchev–Trinajstić information content (AvgIpc) is 2.89. The Labute approximate surface area is 116 Å². The Hall–Kier alpha value is -1.75. The van der Waals surface area contributed by atoms with Gasteiger partial charge in [0.15, 0.2) is 0 Å². The second-order valence-electron chi connectivity index (χ2n) is 4.43. The number of carbonyl (C=O) groups is 2. The molecule has 0 aromatic heterocycles. The van der Waals surface area contributed by atoms with Crippen LogP contribution in [0.4, 0.5) is 0 Å². The number of rotatable bonds is 3. The molecule has 2 rings (SSSR count). The molecule has 0 unspecified atom stereocenters. The summed E-state index contributed by atoms with van der Waals surface area (Å²) in [5.41, 5.74) is 0.244. The molecule has 102 valence electrons. The van der Waals surface area contributed by atoms with Crippen molar-refractivity contribution in [3.8, 4) is 5.75 Å². The fourth-order valence-corrected chi connectivity index (χ4v) is 2.28. The van der Waals surface area contributed by atoms with Crippen LogP contribution in [0.3, 0.4) is 0 Å². The van der Waals surface area contributed by atoms with Gasteiger partial charge in [-0.2, -0.15) is 0 Å². The quantitative estimate of drug-likeness (QED) is 0.880. The first-order valence-corrected chi connectivity index (χ1v) is 6.50. The molecular weight excluding hydrogens is 268 g/mol. The number of benzene rings is 1. The Kier molecular flexibility index (Phi) is 4.27. The van der Waals surface area contributed by atoms with Crippen molar-refractivity contribution in [3.05, 3.63) is 28.8 Å². The predicted molar refractivity (Wildman–Crippen MR) is 71.3 cm³/mol. The van der Waals surface area contributed by atoms with Crippen LogP contribution in [0.1, 0.15) is 23.2 Å². The minimum Gasteiger partial charge on any atom is -0.508 e. The molecule has 2 N–H and O–H groups in total. The third-order valence-electron chi connectivity index (χ3n) is 3.06. The minimum absolute atomic E-state index is 0.00491. The van der Waals surface area contributed by atoms with E-state index in [1.165, 1.54) is 18.2 Å². The lowest BCUT2D eigenvalue weighted by Crippen LogP contribution is -2.38. The number of aromatic hydroxyl groups is 1. The smallest absolute Gasteiger partial charge is 0.253 e. The van der Waals surface area contributed by atoms with Crippen molar-refractivity contribution < 1.29 is 14.7 Å². The number of phenols is 1. The molecule has 1 saturated heterocycles. The zero-order chi connectivity index (χ0) is 13.8. The highest BCUT2D eigenvalue weighted by Crippen LogP contribution is 2.21. The van der Waals surface area contributed by atoms with Gasteiger partial charge in [0, 0.05) is 13.1 Å². The van der Waals surface area contributed by atoms with Gasteiger partial charge in [0.2, 0.25) is 5.91 Å². The van der Waals surface area contributed by atoms with Crippen LogP contribution in [0, 0.1) is 0 Å². The lowest BCUT2D eigenvalue weighted by Gasteiger charge is -2.15. The normalized spacial score (nSPS) is 14.5. The highest BCUT2D eigenvalue weighted by atomic mass is 35.5. The van der Waals surface area contributed by atoms with Gasteiger partial charge in [0.25, 0.3) is 5.91 Å². The molecule has 5 nitrogen and oxygen atoms in total. The van der Waals surface area contributed by atoms with E-state index in [0.29, 0.717) is 0 Å². The van der Waals surface area contributed by atoms with Crippen molar-refractivity contribution >= 4 is 23.4 Å². The summed E-state index contributed by atoms with van der Waals surface area (Å²) in [6.07, 6.45) is 2.03. The molecule has 1 fully saturated rings. The van der Waals surface area contributed by atoms with Crippen LogP contribution in [0.15, 0.2) is 18.2 Å². The van der Waals surface area contributed by atoms with E-state index < -0.39 is 5.91 Å². The molecule has 0 radical (unpaired) electrons. The third-order valence-corrected chi connectivity index (χ3v) is 3.37. The zero-order valence-electron chi connectivity index (χ0n) is 10.4. The number of hydrogen-bond acceptors (Lipinski definition) is 3. The maximum Gasteiger partial charge on any atom is 0.253 e. The molecule has 0 saturated carbocycles. The van der Waals surface area contributed by atoms with Crippen LogP contribution in [-0.4, -0.2) is 41.5 Å². The lowest BCUT2D eigenvalue weighted by molar-refractivity contribution is -0.129. The summed E-state index contributed by atoms with van der Waals surface area (Å²) in [5, 5.41) is 11.9. The molecule has 0 bridgehead atoms. The molecule has 0 spiro atoms. The summed E-state index contributed by atoms with van der Waals surface area (Å²) >= 11 is 5.85. The molecule has 6 heteroatoms. The van der Waals surface area contributed by atoms with Crippen LogP contribution >= 0.6 is 11.6 Å². The summed E-state index contributed by atoms with van der Waals surface area (Å²) < 4.78 is 0. The first kappa shape index (κ1) is 13.7. The monoisotopic (exact) mass is 282 g/mol. The van der Waals surface area contributed by atoms with Crippen LogP contribution < -0.4 is 5.32 Å². The van der Waals surface area contributed by atoms with E-state index in [0.717, 1.165) is 25.9 Å². The molecule has 1 aliphatic rings. The summed E-state index contributed by atoms with van der Waals surface area (Å²) in [5.74, 6) is -0.506. The van der Waals surface area contributed by atoms with Gasteiger partial charge in [0.05, 0.1) is 17.1 Å². The van der Waals surface area contributed by atoms with E-state index >= 15 is 0 Å². The Morgan fingerprint density at radius 1 is 1.32 bits per heavy atom. The minimum atomic E-state index is -0.419. The molecular formula is C13H15ClN2O3. The highest BCUT2D eigenvalue weighted by Gasteiger charge is 2.19. The average molecular weight is 283 g/mol. The van der Waals surface area contributed by atoms with E-state index in [1.54, 1.807) is 4.90 Å². The number of hydrogen-bond donors (Lipinski definition) is 2. The van der Waals surface area contributed by atoms with Gasteiger partial charge in [0.1, 0.15) is 5.75 Å². The predicted octanol–water partition coefficient (Wildman–Crippen LogP) is 1.40. The van der Waals surface area contributed by atoms with Crippen LogP contribution in [0.2, 0.25) is 5.02 Å². The molecule has 1 aliphatic heterocycles. The maximum absolute atomic E-state index is 11.8. The number of carbonyl (C=O) groups excluding carboxylic acids is 2. The first-order valence-electron chi connectivity index (χ1n) is 6.12. The standard InChI is InChI=1S/C13H15ClN2O3/c14-11-7-9(17)3-4-10(11)13(19)15-8-12(18)16-5-1-2-6-16/h3-4,7,17H,1-2,5-6,8H2,(H,15,19). The SMILES string of the molecule is O=C(NCC(=O)N1CCCC1)c1ccc(O)cc1Cl. The van der Waals surface area contributed by atoms with Crippen molar-refractivity contribution in [3.63, 3.8) is 0 Å². The van der Waals surface area contributed by atoms with E-state index in [4.69, 9.17) is 11.6 Å². The van der Waals surface area contributed by atoms with E-state index in [9.17, 15) is 14.7 Å². The van der Waals surface area contributed by atoms with Gasteiger partial charge in [-0.3, -0.25) is 9.59 Å². The topological polar surface area (TPSA) is 69.6 Å². The fourth-order valence-electron chi connectivity index (χ4n) is 2.02. The van der Waals surface area contributed by atoms with Gasteiger partial charge in [-0.15, -0.1) is 0 Å². The van der Waals surface area contributed by atoms with Crippen molar-refractivity contribution in [2.75, 3.05) is 19.6 Å². The Bertz CT molecular complexity index is 499. The number of amides is 2. The van der Waals surface area contributed by atoms with E-state index in [1.807, 2.05) is 0 Å².